The summed E-state index contributed by atoms with van der Waals surface area (Å²) < 4.78 is 25.0. The zero-order chi connectivity index (χ0) is 8.12. The summed E-state index contributed by atoms with van der Waals surface area (Å²) in [5.41, 5.74) is 0. The molecule has 10 heteroatoms. The van der Waals surface area contributed by atoms with Crippen molar-refractivity contribution < 1.29 is 68.3 Å². The molecule has 0 spiro atoms. The van der Waals surface area contributed by atoms with Crippen LogP contribution in [0.4, 0.5) is 0 Å². The molecule has 0 unspecified atom stereocenters. The van der Waals surface area contributed by atoms with Crippen LogP contribution in [0.15, 0.2) is 0 Å². The Balaban J connectivity index is -0.0000000257. The van der Waals surface area contributed by atoms with E-state index in [2.05, 4.69) is 0 Å². The molecule has 0 aromatic heterocycles. The molecule has 0 fully saturated rings. The van der Waals surface area contributed by atoms with Crippen LogP contribution in [0, 0.1) is 39.9 Å². The molecule has 0 amide bonds. The molecular weight excluding hydrogens is 346 g/mol. The summed E-state index contributed by atoms with van der Waals surface area (Å²) >= 11 is 0. The van der Waals surface area contributed by atoms with Gasteiger partial charge in [-0.25, -0.2) is 0 Å². The van der Waals surface area contributed by atoms with Crippen molar-refractivity contribution >= 4 is 26.1 Å². The molecule has 59 valence electrons. The van der Waals surface area contributed by atoms with Gasteiger partial charge in [0.25, 0.3) is 0 Å². The van der Waals surface area contributed by atoms with Crippen LogP contribution < -0.4 is 14.7 Å². The second kappa shape index (κ2) is 46.8. The van der Waals surface area contributed by atoms with Gasteiger partial charge in [-0.1, -0.05) is 0 Å². The van der Waals surface area contributed by atoms with Gasteiger partial charge in [0, 0.05) is 0 Å². The Morgan fingerprint density at radius 2 is 0.700 bits per heavy atom. The Morgan fingerprint density at radius 3 is 0.700 bits per heavy atom. The van der Waals surface area contributed by atoms with E-state index in [0.29, 0.717) is 0 Å². The van der Waals surface area contributed by atoms with E-state index in [0.717, 1.165) is 0 Å². The van der Waals surface area contributed by atoms with Crippen molar-refractivity contribution in [3.63, 3.8) is 0 Å². The first-order valence-electron chi connectivity index (χ1n) is 1.10. The molecule has 0 saturated heterocycles. The summed E-state index contributed by atoms with van der Waals surface area (Å²) in [4.78, 5) is 25.0. The van der Waals surface area contributed by atoms with E-state index in [1.54, 1.807) is 0 Å². The van der Waals surface area contributed by atoms with Crippen LogP contribution >= 0.6 is 26.1 Å². The van der Waals surface area contributed by atoms with Crippen molar-refractivity contribution in [2.45, 2.75) is 0 Å². The molecule has 0 aliphatic heterocycles. The summed E-state index contributed by atoms with van der Waals surface area (Å²) in [6.45, 7) is 0. The topological polar surface area (TPSA) is 120 Å². The predicted octanol–water partition coefficient (Wildman–Crippen LogP) is -1.34. The van der Waals surface area contributed by atoms with Gasteiger partial charge in [-0.15, -0.1) is 0 Å². The SMILES string of the molecule is O=P[O-].O=P[O-].O=P[O-].[Gd+3]. The third-order valence-electron chi connectivity index (χ3n) is 0. The van der Waals surface area contributed by atoms with Crippen molar-refractivity contribution in [2.75, 3.05) is 0 Å². The Hall–Kier alpha value is 1.50. The van der Waals surface area contributed by atoms with Gasteiger partial charge >= 0.3 is 39.9 Å². The van der Waals surface area contributed by atoms with Gasteiger partial charge < -0.3 is 14.7 Å². The number of hydrogen-bond donors (Lipinski definition) is 0. The summed E-state index contributed by atoms with van der Waals surface area (Å²) in [5, 5.41) is 0. The summed E-state index contributed by atoms with van der Waals surface area (Å²) in [6.07, 6.45) is 0. The molecule has 0 aliphatic rings. The molecular formula is GdO6P3. The Labute approximate surface area is 93.6 Å². The molecule has 0 atom stereocenters. The maximum atomic E-state index is 8.35. The van der Waals surface area contributed by atoms with Crippen LogP contribution in [-0.4, -0.2) is 0 Å². The first kappa shape index (κ1) is 22.5. The minimum absolute atomic E-state index is 0. The normalized spacial score (nSPS) is 6.30. The Kier molecular flexibility index (Phi) is 105. The second-order valence-corrected chi connectivity index (χ2v) is 0.671. The molecule has 1 radical (unpaired) electrons. The van der Waals surface area contributed by atoms with Crippen LogP contribution in [0.5, 0.6) is 0 Å². The quantitative estimate of drug-likeness (QED) is 0.501. The first-order valence-corrected chi connectivity index (χ1v) is 3.29. The molecule has 0 N–H and O–H groups in total. The van der Waals surface area contributed by atoms with E-state index in [1.165, 1.54) is 0 Å². The zero-order valence-corrected chi connectivity index (χ0v) is 9.10. The fourth-order valence-corrected chi connectivity index (χ4v) is 0. The minimum Gasteiger partial charge on any atom is -0.772 e. The Bertz CT molecular complexity index is 49.7. The van der Waals surface area contributed by atoms with Crippen molar-refractivity contribution in [2.24, 2.45) is 0 Å². The third kappa shape index (κ3) is 304. The maximum Gasteiger partial charge on any atom is 3.00 e. The molecule has 0 aliphatic carbocycles. The summed E-state index contributed by atoms with van der Waals surface area (Å²) in [6, 6.07) is 0. The molecule has 0 aromatic carbocycles. The van der Waals surface area contributed by atoms with Crippen molar-refractivity contribution in [1.29, 1.82) is 0 Å². The van der Waals surface area contributed by atoms with E-state index in [1.807, 2.05) is 0 Å². The van der Waals surface area contributed by atoms with Crippen molar-refractivity contribution in [3.05, 3.63) is 0 Å². The van der Waals surface area contributed by atoms with Gasteiger partial charge in [-0.2, -0.15) is 0 Å². The van der Waals surface area contributed by atoms with Crippen LogP contribution in [0.2, 0.25) is 0 Å². The first-order chi connectivity index (χ1) is 4.24. The van der Waals surface area contributed by atoms with E-state index >= 15 is 0 Å². The Morgan fingerprint density at radius 1 is 0.700 bits per heavy atom. The van der Waals surface area contributed by atoms with Crippen molar-refractivity contribution in [1.82, 2.24) is 0 Å². The van der Waals surface area contributed by atoms with Gasteiger partial charge in [0.2, 0.25) is 0 Å². The molecule has 6 nitrogen and oxygen atoms in total. The average Bonchev–Trinajstić information content (AvgIpc) is 1.70. The molecule has 10 heavy (non-hydrogen) atoms. The van der Waals surface area contributed by atoms with Crippen LogP contribution in [-0.2, 0) is 13.7 Å². The third-order valence-corrected chi connectivity index (χ3v) is 0. The van der Waals surface area contributed by atoms with Gasteiger partial charge in [0.1, 0.15) is 0 Å². The van der Waals surface area contributed by atoms with Gasteiger partial charge in [0.05, 0.1) is 26.1 Å². The predicted molar refractivity (Wildman–Crippen MR) is 22.8 cm³/mol. The second-order valence-electron chi connectivity index (χ2n) is 0.224. The van der Waals surface area contributed by atoms with Crippen molar-refractivity contribution in [3.8, 4) is 0 Å². The summed E-state index contributed by atoms with van der Waals surface area (Å²) in [7, 11) is -3.25. The fourth-order valence-electron chi connectivity index (χ4n) is 0. The van der Waals surface area contributed by atoms with Crippen LogP contribution in [0.3, 0.4) is 0 Å². The van der Waals surface area contributed by atoms with Crippen LogP contribution in [0.25, 0.3) is 0 Å². The standard InChI is InChI=1S/Gd.3HO2P/c;3*1-3-2/h;3*(H,1,2)/q+3;;;/p-3. The smallest absolute Gasteiger partial charge is 0.772 e. The summed E-state index contributed by atoms with van der Waals surface area (Å²) in [5.74, 6) is 0. The zero-order valence-electron chi connectivity index (χ0n) is 4.14. The largest absolute Gasteiger partial charge is 3.00 e. The van der Waals surface area contributed by atoms with E-state index in [9.17, 15) is 0 Å². The van der Waals surface area contributed by atoms with Gasteiger partial charge in [-0.05, 0) is 0 Å². The molecule has 0 heterocycles. The molecule has 0 bridgehead atoms. The fraction of sp³-hybridized carbons (Fsp3) is 0. The average molecular weight is 346 g/mol. The maximum absolute atomic E-state index is 8.35. The molecule has 0 saturated carbocycles. The van der Waals surface area contributed by atoms with E-state index in [4.69, 9.17) is 28.4 Å². The monoisotopic (exact) mass is 347 g/mol. The minimum atomic E-state index is -1.08. The van der Waals surface area contributed by atoms with E-state index < -0.39 is 26.1 Å². The molecule has 0 aromatic rings. The van der Waals surface area contributed by atoms with Gasteiger partial charge in [0.15, 0.2) is 0 Å². The van der Waals surface area contributed by atoms with Crippen LogP contribution in [0.1, 0.15) is 0 Å². The van der Waals surface area contributed by atoms with E-state index in [-0.39, 0.29) is 39.9 Å². The number of rotatable bonds is 0. The molecule has 0 rings (SSSR count). The number of hydrogen-bond acceptors (Lipinski definition) is 6. The van der Waals surface area contributed by atoms with Gasteiger partial charge in [-0.3, -0.25) is 13.7 Å².